The Morgan fingerprint density at radius 2 is 2.14 bits per heavy atom. The fraction of sp³-hybridized carbons (Fsp3) is 0.308. The van der Waals surface area contributed by atoms with Crippen molar-refractivity contribution in [3.05, 3.63) is 42.5 Å². The summed E-state index contributed by atoms with van der Waals surface area (Å²) in [5.74, 6) is 0.419. The molecule has 0 bridgehead atoms. The molecule has 1 aromatic heterocycles. The third-order valence-electron chi connectivity index (χ3n) is 2.66. The van der Waals surface area contributed by atoms with E-state index in [-0.39, 0.29) is 24.0 Å². The van der Waals surface area contributed by atoms with Crippen LogP contribution in [0.3, 0.4) is 0 Å². The van der Waals surface area contributed by atoms with Gasteiger partial charge in [-0.15, -0.1) is 24.0 Å². The maximum absolute atomic E-state index is 5.73. The number of nitrogens with one attached hydrogen (secondary N) is 1. The zero-order valence-corrected chi connectivity index (χ0v) is 14.1. The van der Waals surface area contributed by atoms with Crippen molar-refractivity contribution in [2.75, 3.05) is 20.3 Å². The smallest absolute Gasteiger partial charge is 0.188 e. The Morgan fingerprint density at radius 1 is 1.38 bits per heavy atom. The minimum Gasteiger partial charge on any atom is -0.383 e. The monoisotopic (exact) mass is 402 g/mol. The normalized spacial score (nSPS) is 11.0. The van der Waals surface area contributed by atoms with Crippen LogP contribution in [0.5, 0.6) is 0 Å². The van der Waals surface area contributed by atoms with Gasteiger partial charge in [0.15, 0.2) is 5.96 Å². The molecule has 0 saturated carbocycles. The van der Waals surface area contributed by atoms with Gasteiger partial charge in [-0.1, -0.05) is 12.1 Å². The number of benzene rings is 1. The van der Waals surface area contributed by atoms with E-state index in [4.69, 9.17) is 10.5 Å². The Morgan fingerprint density at radius 3 is 2.76 bits per heavy atom. The van der Waals surface area contributed by atoms with Crippen molar-refractivity contribution in [2.24, 2.45) is 10.7 Å². The summed E-state index contributed by atoms with van der Waals surface area (Å²) in [5, 5.41) is 7.04. The van der Waals surface area contributed by atoms with Crippen LogP contribution in [0.2, 0.25) is 0 Å². The third kappa shape index (κ3) is 5.68. The predicted molar refractivity (Wildman–Crippen MR) is 92.0 cm³/mol. The van der Waals surface area contributed by atoms with E-state index in [0.717, 1.165) is 11.3 Å². The molecule has 0 aliphatic heterocycles. The minimum atomic E-state index is 0. The summed E-state index contributed by atoms with van der Waals surface area (Å²) in [6.45, 7) is 1.78. The average molecular weight is 402 g/mol. The largest absolute Gasteiger partial charge is 0.383 e. The van der Waals surface area contributed by atoms with Crippen LogP contribution in [0.25, 0.3) is 5.69 Å². The molecule has 8 heteroatoms. The molecule has 0 saturated heterocycles. The van der Waals surface area contributed by atoms with Crippen molar-refractivity contribution in [3.63, 3.8) is 0 Å². The van der Waals surface area contributed by atoms with Crippen molar-refractivity contribution in [1.29, 1.82) is 0 Å². The van der Waals surface area contributed by atoms with E-state index in [2.05, 4.69) is 20.4 Å². The first kappa shape index (κ1) is 17.4. The average Bonchev–Trinajstić information content (AvgIpc) is 3.00. The van der Waals surface area contributed by atoms with Crippen LogP contribution in [-0.4, -0.2) is 41.0 Å². The number of rotatable bonds is 6. The second-order valence-corrected chi connectivity index (χ2v) is 4.13. The van der Waals surface area contributed by atoms with Crippen molar-refractivity contribution in [3.8, 4) is 5.69 Å². The van der Waals surface area contributed by atoms with Crippen LogP contribution in [-0.2, 0) is 11.3 Å². The van der Waals surface area contributed by atoms with Gasteiger partial charge in [0, 0.05) is 13.7 Å². The highest BCUT2D eigenvalue weighted by atomic mass is 127. The Kier molecular flexibility index (Phi) is 7.69. The van der Waals surface area contributed by atoms with Crippen molar-refractivity contribution >= 4 is 29.9 Å². The van der Waals surface area contributed by atoms with Gasteiger partial charge < -0.3 is 15.8 Å². The van der Waals surface area contributed by atoms with Gasteiger partial charge in [0.25, 0.3) is 0 Å². The molecule has 21 heavy (non-hydrogen) atoms. The molecule has 0 spiro atoms. The molecular formula is C13H19IN6O. The summed E-state index contributed by atoms with van der Waals surface area (Å²) in [5.41, 5.74) is 7.76. The molecule has 0 aliphatic carbocycles. The van der Waals surface area contributed by atoms with Gasteiger partial charge in [-0.25, -0.2) is 14.7 Å². The first-order valence-corrected chi connectivity index (χ1v) is 6.26. The van der Waals surface area contributed by atoms with E-state index >= 15 is 0 Å². The summed E-state index contributed by atoms with van der Waals surface area (Å²) in [7, 11) is 1.64. The number of ether oxygens (including phenoxy) is 1. The highest BCUT2D eigenvalue weighted by Gasteiger charge is 1.97. The summed E-state index contributed by atoms with van der Waals surface area (Å²) >= 11 is 0. The van der Waals surface area contributed by atoms with E-state index in [9.17, 15) is 0 Å². The lowest BCUT2D eigenvalue weighted by molar-refractivity contribution is 0.204. The van der Waals surface area contributed by atoms with Gasteiger partial charge in [0.05, 0.1) is 18.8 Å². The maximum Gasteiger partial charge on any atom is 0.188 e. The highest BCUT2D eigenvalue weighted by molar-refractivity contribution is 14.0. The molecule has 3 N–H and O–H groups in total. The number of hydrogen-bond acceptors (Lipinski definition) is 4. The first-order valence-electron chi connectivity index (χ1n) is 6.26. The van der Waals surface area contributed by atoms with Crippen molar-refractivity contribution in [2.45, 2.75) is 6.54 Å². The summed E-state index contributed by atoms with van der Waals surface area (Å²) in [6.07, 6.45) is 3.16. The molecule has 2 aromatic rings. The quantitative estimate of drug-likeness (QED) is 0.325. The molecule has 0 fully saturated rings. The number of aliphatic imine (C=N–C) groups is 1. The first-order chi connectivity index (χ1) is 9.79. The molecule has 2 rings (SSSR count). The zero-order chi connectivity index (χ0) is 14.2. The van der Waals surface area contributed by atoms with Gasteiger partial charge in [0.2, 0.25) is 0 Å². The van der Waals surface area contributed by atoms with Crippen LogP contribution >= 0.6 is 24.0 Å². The molecular weight excluding hydrogens is 383 g/mol. The zero-order valence-electron chi connectivity index (χ0n) is 11.8. The number of guanidine groups is 1. The second-order valence-electron chi connectivity index (χ2n) is 4.13. The topological polar surface area (TPSA) is 90.3 Å². The molecule has 0 aliphatic rings. The van der Waals surface area contributed by atoms with E-state index in [1.807, 2.05) is 24.3 Å². The van der Waals surface area contributed by atoms with E-state index in [0.29, 0.717) is 25.7 Å². The molecule has 0 amide bonds. The predicted octanol–water partition coefficient (Wildman–Crippen LogP) is 0.936. The standard InChI is InChI=1S/C13H18N6O.HI/c1-20-7-6-16-13(14)17-8-11-2-4-12(5-3-11)19-10-15-9-18-19;/h2-5,9-10H,6-8H2,1H3,(H3,14,16,17);1H. The van der Waals surface area contributed by atoms with Gasteiger partial charge in [0.1, 0.15) is 12.7 Å². The van der Waals surface area contributed by atoms with Crippen LogP contribution in [0.1, 0.15) is 5.56 Å². The van der Waals surface area contributed by atoms with Crippen LogP contribution in [0.4, 0.5) is 0 Å². The number of nitrogens with zero attached hydrogens (tertiary/aromatic N) is 4. The van der Waals surface area contributed by atoms with Gasteiger partial charge in [-0.05, 0) is 17.7 Å². The van der Waals surface area contributed by atoms with Crippen molar-refractivity contribution < 1.29 is 4.74 Å². The van der Waals surface area contributed by atoms with Gasteiger partial charge in [-0.3, -0.25) is 0 Å². The van der Waals surface area contributed by atoms with Crippen LogP contribution < -0.4 is 11.1 Å². The number of halogens is 1. The number of hydrogen-bond donors (Lipinski definition) is 2. The Hall–Kier alpha value is -1.68. The van der Waals surface area contributed by atoms with Crippen LogP contribution in [0.15, 0.2) is 41.9 Å². The number of aromatic nitrogens is 3. The molecule has 114 valence electrons. The molecule has 0 radical (unpaired) electrons. The highest BCUT2D eigenvalue weighted by Crippen LogP contribution is 2.08. The summed E-state index contributed by atoms with van der Waals surface area (Å²) in [4.78, 5) is 8.16. The number of methoxy groups -OCH3 is 1. The molecule has 1 aromatic carbocycles. The lowest BCUT2D eigenvalue weighted by atomic mass is 10.2. The Labute approximate surface area is 140 Å². The third-order valence-corrected chi connectivity index (χ3v) is 2.66. The maximum atomic E-state index is 5.73. The molecule has 0 unspecified atom stereocenters. The molecule has 1 heterocycles. The lowest BCUT2D eigenvalue weighted by Gasteiger charge is -2.05. The SMILES string of the molecule is COCCNC(N)=NCc1ccc(-n2cncn2)cc1.I. The van der Waals surface area contributed by atoms with E-state index < -0.39 is 0 Å². The minimum absolute atomic E-state index is 0. The fourth-order valence-electron chi connectivity index (χ4n) is 1.61. The number of nitrogens with two attached hydrogens (primary N) is 1. The van der Waals surface area contributed by atoms with Crippen molar-refractivity contribution in [1.82, 2.24) is 20.1 Å². The lowest BCUT2D eigenvalue weighted by Crippen LogP contribution is -2.34. The molecule has 7 nitrogen and oxygen atoms in total. The van der Waals surface area contributed by atoms with Gasteiger partial charge in [-0.2, -0.15) is 5.10 Å². The second kappa shape index (κ2) is 9.29. The summed E-state index contributed by atoms with van der Waals surface area (Å²) in [6, 6.07) is 7.91. The fourth-order valence-corrected chi connectivity index (χ4v) is 1.61. The van der Waals surface area contributed by atoms with E-state index in [1.54, 1.807) is 18.1 Å². The van der Waals surface area contributed by atoms with Crippen LogP contribution in [0, 0.1) is 0 Å². The van der Waals surface area contributed by atoms with E-state index in [1.165, 1.54) is 6.33 Å². The summed E-state index contributed by atoms with van der Waals surface area (Å²) < 4.78 is 6.62. The van der Waals surface area contributed by atoms with Gasteiger partial charge >= 0.3 is 0 Å². The Bertz CT molecular complexity index is 540. The Balaban J connectivity index is 0.00000220. The molecule has 0 atom stereocenters.